The summed E-state index contributed by atoms with van der Waals surface area (Å²) in [5.41, 5.74) is -3.16. The molecule has 0 aliphatic carbocycles. The second-order valence-electron chi connectivity index (χ2n) is 4.81. The smallest absolute Gasteiger partial charge is 0.423 e. The van der Waals surface area contributed by atoms with E-state index in [2.05, 4.69) is 0 Å². The van der Waals surface area contributed by atoms with Gasteiger partial charge in [0.05, 0.1) is 0 Å². The summed E-state index contributed by atoms with van der Waals surface area (Å²) in [6.45, 7) is 0. The zero-order chi connectivity index (χ0) is 16.8. The molecule has 3 aromatic rings. The normalized spacial score (nSPS) is 11.8. The topological polar surface area (TPSA) is 70.7 Å². The van der Waals surface area contributed by atoms with Crippen molar-refractivity contribution in [3.63, 3.8) is 0 Å². The number of fused-ring (bicyclic) bond motifs is 1. The zero-order valence-electron chi connectivity index (χ0n) is 11.4. The number of hydrogen-bond acceptors (Lipinski definition) is 4. The van der Waals surface area contributed by atoms with Crippen LogP contribution in [0.1, 0.15) is 5.56 Å². The van der Waals surface area contributed by atoms with Crippen molar-refractivity contribution < 1.29 is 27.8 Å². The third kappa shape index (κ3) is 2.40. The number of alkyl halides is 3. The van der Waals surface area contributed by atoms with Crippen molar-refractivity contribution >= 4 is 11.0 Å². The maximum absolute atomic E-state index is 13.4. The van der Waals surface area contributed by atoms with E-state index < -0.39 is 39.8 Å². The highest BCUT2D eigenvalue weighted by molar-refractivity contribution is 5.88. The molecule has 0 bridgehead atoms. The van der Waals surface area contributed by atoms with Crippen LogP contribution < -0.4 is 5.43 Å². The number of rotatable bonds is 1. The van der Waals surface area contributed by atoms with Gasteiger partial charge in [-0.15, -0.1) is 0 Å². The summed E-state index contributed by atoms with van der Waals surface area (Å²) in [4.78, 5) is 12.3. The molecule has 2 aromatic carbocycles. The Kier molecular flexibility index (Phi) is 3.28. The van der Waals surface area contributed by atoms with Crippen molar-refractivity contribution in [2.75, 3.05) is 0 Å². The van der Waals surface area contributed by atoms with Gasteiger partial charge < -0.3 is 14.6 Å². The van der Waals surface area contributed by atoms with Gasteiger partial charge in [-0.05, 0) is 12.1 Å². The summed E-state index contributed by atoms with van der Waals surface area (Å²) in [6, 6.07) is 9.53. The molecule has 0 amide bonds. The van der Waals surface area contributed by atoms with Gasteiger partial charge >= 0.3 is 6.18 Å². The lowest BCUT2D eigenvalue weighted by Crippen LogP contribution is -2.21. The number of phenols is 2. The molecule has 0 fully saturated rings. The van der Waals surface area contributed by atoms with Crippen LogP contribution in [0.3, 0.4) is 0 Å². The van der Waals surface area contributed by atoms with Crippen LogP contribution in [0.4, 0.5) is 13.2 Å². The van der Waals surface area contributed by atoms with Crippen LogP contribution >= 0.6 is 0 Å². The van der Waals surface area contributed by atoms with E-state index in [4.69, 9.17) is 4.42 Å². The van der Waals surface area contributed by atoms with Crippen LogP contribution in [0.15, 0.2) is 51.7 Å². The van der Waals surface area contributed by atoms with Gasteiger partial charge in [0.1, 0.15) is 16.5 Å². The molecule has 0 radical (unpaired) electrons. The van der Waals surface area contributed by atoms with Gasteiger partial charge in [-0.25, -0.2) is 0 Å². The van der Waals surface area contributed by atoms with Gasteiger partial charge in [0.2, 0.25) is 5.43 Å². The fourth-order valence-electron chi connectivity index (χ4n) is 2.31. The van der Waals surface area contributed by atoms with Crippen LogP contribution in [0.25, 0.3) is 22.3 Å². The van der Waals surface area contributed by atoms with Crippen LogP contribution in [0.5, 0.6) is 11.5 Å². The van der Waals surface area contributed by atoms with Gasteiger partial charge in [0.15, 0.2) is 17.3 Å². The highest BCUT2D eigenvalue weighted by Crippen LogP contribution is 2.39. The first-order chi connectivity index (χ1) is 10.8. The SMILES string of the molecule is O=c1c(C(F)(F)F)c(-c2ccccc2)oc2ccc(O)c(O)c12. The molecule has 2 N–H and O–H groups in total. The van der Waals surface area contributed by atoms with Crippen LogP contribution in [-0.4, -0.2) is 10.2 Å². The first-order valence-corrected chi connectivity index (χ1v) is 6.45. The predicted octanol–water partition coefficient (Wildman–Crippen LogP) is 3.89. The Morgan fingerprint density at radius 2 is 1.61 bits per heavy atom. The molecule has 0 saturated carbocycles. The third-order valence-electron chi connectivity index (χ3n) is 3.33. The number of halogens is 3. The fourth-order valence-corrected chi connectivity index (χ4v) is 2.31. The Balaban J connectivity index is 2.51. The summed E-state index contributed by atoms with van der Waals surface area (Å²) in [6.07, 6.45) is -4.99. The first-order valence-electron chi connectivity index (χ1n) is 6.45. The highest BCUT2D eigenvalue weighted by Gasteiger charge is 2.40. The quantitative estimate of drug-likeness (QED) is 0.667. The van der Waals surface area contributed by atoms with Crippen molar-refractivity contribution in [1.82, 2.24) is 0 Å². The molecule has 0 spiro atoms. The zero-order valence-corrected chi connectivity index (χ0v) is 11.4. The van der Waals surface area contributed by atoms with Crippen molar-refractivity contribution in [2.24, 2.45) is 0 Å². The lowest BCUT2D eigenvalue weighted by atomic mass is 10.0. The lowest BCUT2D eigenvalue weighted by Gasteiger charge is -2.13. The molecule has 7 heteroatoms. The number of phenolic OH excluding ortho intramolecular Hbond substituents is 2. The molecular formula is C16H9F3O4. The molecule has 0 aliphatic heterocycles. The van der Waals surface area contributed by atoms with Crippen molar-refractivity contribution in [3.05, 3.63) is 58.3 Å². The minimum Gasteiger partial charge on any atom is -0.504 e. The molecule has 0 aliphatic rings. The minimum atomic E-state index is -4.99. The highest BCUT2D eigenvalue weighted by atomic mass is 19.4. The summed E-state index contributed by atoms with van der Waals surface area (Å²) >= 11 is 0. The number of aromatic hydroxyl groups is 2. The molecule has 0 atom stereocenters. The molecule has 0 saturated heterocycles. The predicted molar refractivity (Wildman–Crippen MR) is 76.3 cm³/mol. The third-order valence-corrected chi connectivity index (χ3v) is 3.33. The Bertz CT molecular complexity index is 943. The minimum absolute atomic E-state index is 0.0754. The summed E-state index contributed by atoms with van der Waals surface area (Å²) < 4.78 is 45.3. The molecule has 4 nitrogen and oxygen atoms in total. The van der Waals surface area contributed by atoms with E-state index in [0.717, 1.165) is 12.1 Å². The van der Waals surface area contributed by atoms with Crippen LogP contribution in [-0.2, 0) is 6.18 Å². The fraction of sp³-hybridized carbons (Fsp3) is 0.0625. The molecule has 1 heterocycles. The monoisotopic (exact) mass is 322 g/mol. The molecule has 3 rings (SSSR count). The largest absolute Gasteiger partial charge is 0.504 e. The second-order valence-corrected chi connectivity index (χ2v) is 4.81. The van der Waals surface area contributed by atoms with Gasteiger partial charge in [-0.2, -0.15) is 13.2 Å². The average Bonchev–Trinajstić information content (AvgIpc) is 2.50. The van der Waals surface area contributed by atoms with Gasteiger partial charge in [0, 0.05) is 5.56 Å². The van der Waals surface area contributed by atoms with E-state index >= 15 is 0 Å². The maximum atomic E-state index is 13.4. The number of benzene rings is 2. The number of hydrogen-bond donors (Lipinski definition) is 2. The molecule has 0 unspecified atom stereocenters. The standard InChI is InChI=1S/C16H9F3O4/c17-16(18,19)12-14(22)11-10(7-6-9(20)13(11)21)23-15(12)8-4-2-1-3-5-8/h1-7,20-21H. The van der Waals surface area contributed by atoms with Gasteiger partial charge in [-0.3, -0.25) is 4.79 Å². The molecule has 23 heavy (non-hydrogen) atoms. The van der Waals surface area contributed by atoms with Crippen LogP contribution in [0.2, 0.25) is 0 Å². The molecule has 118 valence electrons. The Labute approximate surface area is 127 Å². The summed E-state index contributed by atoms with van der Waals surface area (Å²) in [5.74, 6) is -2.28. The van der Waals surface area contributed by atoms with Crippen LogP contribution in [0, 0.1) is 0 Å². The van der Waals surface area contributed by atoms with E-state index in [9.17, 15) is 28.2 Å². The average molecular weight is 322 g/mol. The van der Waals surface area contributed by atoms with E-state index in [1.807, 2.05) is 0 Å². The maximum Gasteiger partial charge on any atom is 0.423 e. The molecule has 1 aromatic heterocycles. The lowest BCUT2D eigenvalue weighted by molar-refractivity contribution is -0.138. The molecular weight excluding hydrogens is 313 g/mol. The van der Waals surface area contributed by atoms with E-state index in [1.165, 1.54) is 24.3 Å². The van der Waals surface area contributed by atoms with E-state index in [-0.39, 0.29) is 11.1 Å². The van der Waals surface area contributed by atoms with Crippen molar-refractivity contribution in [3.8, 4) is 22.8 Å². The second kappa shape index (κ2) is 5.05. The summed E-state index contributed by atoms with van der Waals surface area (Å²) in [5, 5.41) is 18.4. The van der Waals surface area contributed by atoms with E-state index in [0.29, 0.717) is 0 Å². The Morgan fingerprint density at radius 1 is 0.957 bits per heavy atom. The first kappa shape index (κ1) is 15.0. The summed E-state index contributed by atoms with van der Waals surface area (Å²) in [7, 11) is 0. The van der Waals surface area contributed by atoms with Crippen molar-refractivity contribution in [2.45, 2.75) is 6.18 Å². The van der Waals surface area contributed by atoms with Gasteiger partial charge in [0.25, 0.3) is 0 Å². The van der Waals surface area contributed by atoms with Gasteiger partial charge in [-0.1, -0.05) is 30.3 Å². The Hall–Kier alpha value is -2.96. The van der Waals surface area contributed by atoms with E-state index in [1.54, 1.807) is 6.07 Å². The Morgan fingerprint density at radius 3 is 2.22 bits per heavy atom. The van der Waals surface area contributed by atoms with Crippen molar-refractivity contribution in [1.29, 1.82) is 0 Å².